The third kappa shape index (κ3) is 2.85. The lowest BCUT2D eigenvalue weighted by Crippen LogP contribution is -2.32. The maximum atomic E-state index is 7.68. The Hall–Kier alpha value is -4.01. The second-order valence-electron chi connectivity index (χ2n) is 9.36. The number of aryl methyl sites for hydroxylation is 1. The van der Waals surface area contributed by atoms with Crippen LogP contribution in [0.15, 0.2) is 121 Å². The number of anilines is 3. The van der Waals surface area contributed by atoms with Crippen molar-refractivity contribution in [3.63, 3.8) is 0 Å². The van der Waals surface area contributed by atoms with Gasteiger partial charge in [0.1, 0.15) is 4.87 Å². The van der Waals surface area contributed by atoms with Crippen LogP contribution in [0.3, 0.4) is 0 Å². The maximum absolute atomic E-state index is 7.68. The van der Waals surface area contributed by atoms with Gasteiger partial charge in [-0.05, 0) is 48.9 Å². The van der Waals surface area contributed by atoms with Crippen molar-refractivity contribution >= 4 is 50.5 Å². The highest BCUT2D eigenvalue weighted by atomic mass is 35.5. The molecule has 3 heteroatoms. The first kappa shape index (κ1) is 21.3. The number of para-hydroxylation sites is 3. The summed E-state index contributed by atoms with van der Waals surface area (Å²) in [5.41, 5.74) is 9.14. The molecule has 36 heavy (non-hydrogen) atoms. The zero-order valence-corrected chi connectivity index (χ0v) is 20.8. The lowest BCUT2D eigenvalue weighted by molar-refractivity contribution is 0.827. The molecule has 174 valence electrons. The van der Waals surface area contributed by atoms with Crippen molar-refractivity contribution in [1.29, 1.82) is 0 Å². The van der Waals surface area contributed by atoms with E-state index in [9.17, 15) is 0 Å². The third-order valence-corrected chi connectivity index (χ3v) is 8.16. The fraction of sp³-hybridized carbons (Fsp3) is 0.0909. The number of nitrogens with zero attached hydrogens (tertiary/aromatic N) is 2. The highest BCUT2D eigenvalue weighted by Crippen LogP contribution is 2.56. The minimum absolute atomic E-state index is 0.771. The van der Waals surface area contributed by atoms with Crippen molar-refractivity contribution in [2.75, 3.05) is 4.90 Å². The summed E-state index contributed by atoms with van der Waals surface area (Å²) in [7, 11) is 0. The number of rotatable bonds is 3. The summed E-state index contributed by atoms with van der Waals surface area (Å²) in [6.45, 7) is 3.14. The zero-order valence-electron chi connectivity index (χ0n) is 20.0. The molecular formula is C33H25ClN2. The molecule has 0 amide bonds. The first-order valence-electron chi connectivity index (χ1n) is 12.5. The van der Waals surface area contributed by atoms with E-state index in [-0.39, 0.29) is 0 Å². The van der Waals surface area contributed by atoms with E-state index in [4.69, 9.17) is 11.6 Å². The van der Waals surface area contributed by atoms with Gasteiger partial charge in [-0.1, -0.05) is 84.9 Å². The van der Waals surface area contributed by atoms with Gasteiger partial charge >= 0.3 is 0 Å². The van der Waals surface area contributed by atoms with Crippen LogP contribution in [-0.2, 0) is 11.4 Å². The van der Waals surface area contributed by atoms with Crippen molar-refractivity contribution in [1.82, 2.24) is 4.57 Å². The maximum Gasteiger partial charge on any atom is 0.123 e. The third-order valence-electron chi connectivity index (χ3n) is 7.53. The van der Waals surface area contributed by atoms with Crippen LogP contribution in [0.25, 0.3) is 21.8 Å². The van der Waals surface area contributed by atoms with Crippen LogP contribution >= 0.6 is 11.6 Å². The summed E-state index contributed by atoms with van der Waals surface area (Å²) in [6, 6.07) is 43.0. The molecule has 0 radical (unpaired) electrons. The Labute approximate surface area is 216 Å². The number of hydrogen-bond donors (Lipinski definition) is 0. The topological polar surface area (TPSA) is 8.17 Å². The Kier molecular flexibility index (Phi) is 4.74. The average molecular weight is 485 g/mol. The number of fused-ring (bicyclic) bond motifs is 5. The first-order valence-corrected chi connectivity index (χ1v) is 12.8. The fourth-order valence-electron chi connectivity index (χ4n) is 5.97. The molecule has 0 aliphatic carbocycles. The van der Waals surface area contributed by atoms with Crippen LogP contribution in [-0.4, -0.2) is 4.57 Å². The number of hydrogen-bond acceptors (Lipinski definition) is 1. The van der Waals surface area contributed by atoms with Crippen molar-refractivity contribution < 1.29 is 0 Å². The lowest BCUT2D eigenvalue weighted by atomic mass is 9.79. The zero-order chi connectivity index (χ0) is 24.3. The predicted octanol–water partition coefficient (Wildman–Crippen LogP) is 9.13. The highest BCUT2D eigenvalue weighted by Gasteiger charge is 2.43. The van der Waals surface area contributed by atoms with Gasteiger partial charge in [0.15, 0.2) is 0 Å². The van der Waals surface area contributed by atoms with Crippen LogP contribution in [0.2, 0.25) is 0 Å². The molecule has 1 aromatic heterocycles. The monoisotopic (exact) mass is 484 g/mol. The van der Waals surface area contributed by atoms with Gasteiger partial charge in [-0.2, -0.15) is 0 Å². The molecule has 2 heterocycles. The van der Waals surface area contributed by atoms with E-state index < -0.39 is 4.87 Å². The van der Waals surface area contributed by atoms with Gasteiger partial charge < -0.3 is 9.47 Å². The molecule has 6 aromatic rings. The van der Waals surface area contributed by atoms with Crippen LogP contribution in [0.5, 0.6) is 0 Å². The Bertz CT molecular complexity index is 1700. The molecule has 0 spiro atoms. The molecule has 0 bridgehead atoms. The van der Waals surface area contributed by atoms with E-state index in [0.717, 1.165) is 40.3 Å². The summed E-state index contributed by atoms with van der Waals surface area (Å²) in [5.74, 6) is 0. The second kappa shape index (κ2) is 8.01. The summed E-state index contributed by atoms with van der Waals surface area (Å²) in [6.07, 6.45) is 0. The van der Waals surface area contributed by atoms with E-state index in [2.05, 4.69) is 132 Å². The average Bonchev–Trinajstić information content (AvgIpc) is 3.27. The summed E-state index contributed by atoms with van der Waals surface area (Å²) < 4.78 is 2.39. The van der Waals surface area contributed by atoms with Gasteiger partial charge in [-0.3, -0.25) is 0 Å². The van der Waals surface area contributed by atoms with E-state index in [1.165, 1.54) is 21.8 Å². The number of halogens is 1. The molecule has 5 aromatic carbocycles. The standard InChI is InChI=1S/C33H25ClN2/c1-2-35-29-17-9-6-14-25(29)26-22-24(20-21-30(26)35)36-31-18-10-7-15-27(31)33(34,23-12-4-3-5-13-23)28-16-8-11-19-32(28)36/h3-22H,2H2,1H3. The Morgan fingerprint density at radius 2 is 1.19 bits per heavy atom. The normalized spacial score (nSPS) is 14.1. The predicted molar refractivity (Wildman–Crippen MR) is 152 cm³/mol. The van der Waals surface area contributed by atoms with Crippen molar-refractivity contribution in [2.24, 2.45) is 0 Å². The lowest BCUT2D eigenvalue weighted by Gasteiger charge is -2.42. The summed E-state index contributed by atoms with van der Waals surface area (Å²) in [5, 5.41) is 2.55. The molecule has 2 nitrogen and oxygen atoms in total. The minimum Gasteiger partial charge on any atom is -0.341 e. The van der Waals surface area contributed by atoms with Gasteiger partial charge in [0, 0.05) is 45.2 Å². The fourth-order valence-corrected chi connectivity index (χ4v) is 6.42. The SMILES string of the molecule is CCn1c2ccccc2c2cc(N3c4ccccc4C(Cl)(c4ccccc4)c4ccccc43)ccc21. The quantitative estimate of drug-likeness (QED) is 0.227. The number of benzene rings is 5. The molecule has 1 aliphatic rings. The van der Waals surface area contributed by atoms with Crippen LogP contribution in [0, 0.1) is 0 Å². The minimum atomic E-state index is -0.771. The van der Waals surface area contributed by atoms with Crippen LogP contribution < -0.4 is 4.90 Å². The van der Waals surface area contributed by atoms with Crippen molar-refractivity contribution in [2.45, 2.75) is 18.3 Å². The van der Waals surface area contributed by atoms with Crippen LogP contribution in [0.4, 0.5) is 17.1 Å². The largest absolute Gasteiger partial charge is 0.341 e. The molecule has 0 saturated heterocycles. The van der Waals surface area contributed by atoms with E-state index in [0.29, 0.717) is 0 Å². The molecule has 0 unspecified atom stereocenters. The molecule has 0 fully saturated rings. The molecule has 0 N–H and O–H groups in total. The Morgan fingerprint density at radius 1 is 0.611 bits per heavy atom. The first-order chi connectivity index (χ1) is 17.7. The van der Waals surface area contributed by atoms with E-state index >= 15 is 0 Å². The number of aromatic nitrogens is 1. The van der Waals surface area contributed by atoms with Crippen molar-refractivity contribution in [3.05, 3.63) is 138 Å². The highest BCUT2D eigenvalue weighted by molar-refractivity contribution is 6.30. The number of alkyl halides is 1. The molecule has 0 atom stereocenters. The van der Waals surface area contributed by atoms with E-state index in [1.54, 1.807) is 0 Å². The van der Waals surface area contributed by atoms with Gasteiger partial charge in [-0.15, -0.1) is 11.6 Å². The Balaban J connectivity index is 1.52. The Morgan fingerprint density at radius 3 is 1.89 bits per heavy atom. The molecule has 0 saturated carbocycles. The smallest absolute Gasteiger partial charge is 0.123 e. The van der Waals surface area contributed by atoms with Gasteiger partial charge in [0.2, 0.25) is 0 Å². The molecule has 1 aliphatic heterocycles. The van der Waals surface area contributed by atoms with E-state index in [1.807, 2.05) is 6.07 Å². The summed E-state index contributed by atoms with van der Waals surface area (Å²) >= 11 is 7.68. The van der Waals surface area contributed by atoms with Gasteiger partial charge in [0.25, 0.3) is 0 Å². The second-order valence-corrected chi connectivity index (χ2v) is 9.92. The molecular weight excluding hydrogens is 460 g/mol. The summed E-state index contributed by atoms with van der Waals surface area (Å²) in [4.78, 5) is 1.60. The van der Waals surface area contributed by atoms with Crippen molar-refractivity contribution in [3.8, 4) is 0 Å². The van der Waals surface area contributed by atoms with Gasteiger partial charge in [-0.25, -0.2) is 0 Å². The van der Waals surface area contributed by atoms with Crippen LogP contribution in [0.1, 0.15) is 23.6 Å². The van der Waals surface area contributed by atoms with Gasteiger partial charge in [0.05, 0.1) is 11.4 Å². The molecule has 7 rings (SSSR count).